The molecule has 0 heterocycles. The van der Waals surface area contributed by atoms with Gasteiger partial charge in [0.1, 0.15) is 6.04 Å². The molecule has 3 N–H and O–H groups in total. The fraction of sp³-hybridized carbons (Fsp3) is 0.286. The molecule has 0 unspecified atom stereocenters. The van der Waals surface area contributed by atoms with E-state index < -0.39 is 46.9 Å². The minimum atomic E-state index is -5.08. The van der Waals surface area contributed by atoms with E-state index in [9.17, 15) is 35.9 Å². The SMILES string of the molecule is C=CC[C@H](NC(=O)c1cc(C(F)(F)F)cc(C(F)(F)F)c1)C(N)=O. The third kappa shape index (κ3) is 5.00. The lowest BCUT2D eigenvalue weighted by atomic mass is 10.0. The maximum atomic E-state index is 12.7. The molecule has 1 rings (SSSR count). The van der Waals surface area contributed by atoms with E-state index in [2.05, 4.69) is 6.58 Å². The highest BCUT2D eigenvalue weighted by Crippen LogP contribution is 2.36. The quantitative estimate of drug-likeness (QED) is 0.630. The van der Waals surface area contributed by atoms with Crippen molar-refractivity contribution in [1.29, 1.82) is 0 Å². The molecule has 0 fully saturated rings. The van der Waals surface area contributed by atoms with Crippen LogP contribution in [0.1, 0.15) is 27.9 Å². The first kappa shape index (κ1) is 19.5. The fourth-order valence-electron chi connectivity index (χ4n) is 1.74. The standard InChI is InChI=1S/C14H12F6N2O2/c1-2-3-10(11(21)23)22-12(24)7-4-8(13(15,16)17)6-9(5-7)14(18,19)20/h2,4-6,10H,1,3H2,(H2,21,23)(H,22,24)/t10-/m0/s1. The number of hydrogen-bond acceptors (Lipinski definition) is 2. The second-order valence-electron chi connectivity index (χ2n) is 4.75. The van der Waals surface area contributed by atoms with Gasteiger partial charge in [-0.05, 0) is 24.6 Å². The number of halogens is 6. The lowest BCUT2D eigenvalue weighted by Crippen LogP contribution is -2.44. The Kier molecular flexibility index (Phi) is 5.64. The molecular formula is C14H12F6N2O2. The highest BCUT2D eigenvalue weighted by molar-refractivity contribution is 5.97. The molecule has 1 aromatic carbocycles. The van der Waals surface area contributed by atoms with Crippen molar-refractivity contribution in [2.45, 2.75) is 24.8 Å². The Hall–Kier alpha value is -2.52. The summed E-state index contributed by atoms with van der Waals surface area (Å²) in [6.45, 7) is 3.30. The second-order valence-corrected chi connectivity index (χ2v) is 4.75. The van der Waals surface area contributed by atoms with E-state index in [1.807, 2.05) is 5.32 Å². The van der Waals surface area contributed by atoms with Gasteiger partial charge >= 0.3 is 12.4 Å². The second kappa shape index (κ2) is 6.93. The van der Waals surface area contributed by atoms with Crippen molar-refractivity contribution in [3.05, 3.63) is 47.5 Å². The lowest BCUT2D eigenvalue weighted by Gasteiger charge is -2.16. The minimum Gasteiger partial charge on any atom is -0.368 e. The maximum absolute atomic E-state index is 12.7. The number of rotatable bonds is 5. The van der Waals surface area contributed by atoms with Crippen LogP contribution in [0, 0.1) is 0 Å². The summed E-state index contributed by atoms with van der Waals surface area (Å²) in [6.07, 6.45) is -9.09. The van der Waals surface area contributed by atoms with Crippen LogP contribution in [0.3, 0.4) is 0 Å². The molecule has 0 saturated carbocycles. The van der Waals surface area contributed by atoms with Crippen LogP contribution >= 0.6 is 0 Å². The number of primary amides is 1. The molecule has 1 atom stereocenters. The van der Waals surface area contributed by atoms with Crippen molar-refractivity contribution in [3.63, 3.8) is 0 Å². The van der Waals surface area contributed by atoms with E-state index in [1.165, 1.54) is 6.08 Å². The van der Waals surface area contributed by atoms with Crippen molar-refractivity contribution in [3.8, 4) is 0 Å². The zero-order chi connectivity index (χ0) is 18.7. The van der Waals surface area contributed by atoms with Gasteiger partial charge in [-0.2, -0.15) is 26.3 Å². The van der Waals surface area contributed by atoms with Crippen LogP contribution in [-0.2, 0) is 17.1 Å². The third-order valence-corrected chi connectivity index (χ3v) is 2.90. The van der Waals surface area contributed by atoms with Crippen LogP contribution in [0.2, 0.25) is 0 Å². The number of carbonyl (C=O) groups is 2. The fourth-order valence-corrected chi connectivity index (χ4v) is 1.74. The Morgan fingerprint density at radius 1 is 1.08 bits per heavy atom. The normalized spacial score (nSPS) is 13.2. The van der Waals surface area contributed by atoms with E-state index >= 15 is 0 Å². The maximum Gasteiger partial charge on any atom is 0.416 e. The van der Waals surface area contributed by atoms with E-state index in [1.54, 1.807) is 0 Å². The largest absolute Gasteiger partial charge is 0.416 e. The Bertz CT molecular complexity index is 619. The monoisotopic (exact) mass is 354 g/mol. The summed E-state index contributed by atoms with van der Waals surface area (Å²) in [5, 5.41) is 1.97. The molecule has 0 spiro atoms. The number of nitrogens with one attached hydrogen (secondary N) is 1. The van der Waals surface area contributed by atoms with Gasteiger partial charge in [0.2, 0.25) is 5.91 Å². The number of benzene rings is 1. The molecular weight excluding hydrogens is 342 g/mol. The summed E-state index contributed by atoms with van der Waals surface area (Å²) in [5.74, 6) is -2.30. The molecule has 10 heteroatoms. The zero-order valence-electron chi connectivity index (χ0n) is 12.0. The number of alkyl halides is 6. The Labute approximate surface area is 132 Å². The summed E-state index contributed by atoms with van der Waals surface area (Å²) < 4.78 is 76.3. The van der Waals surface area contributed by atoms with Gasteiger partial charge in [-0.15, -0.1) is 6.58 Å². The van der Waals surface area contributed by atoms with Gasteiger partial charge in [0.15, 0.2) is 0 Å². The van der Waals surface area contributed by atoms with Crippen LogP contribution in [0.4, 0.5) is 26.3 Å². The van der Waals surface area contributed by atoms with Crippen molar-refractivity contribution >= 4 is 11.8 Å². The van der Waals surface area contributed by atoms with Gasteiger partial charge in [-0.25, -0.2) is 0 Å². The molecule has 24 heavy (non-hydrogen) atoms. The Balaban J connectivity index is 3.29. The molecule has 0 saturated heterocycles. The number of nitrogens with two attached hydrogens (primary N) is 1. The number of amides is 2. The highest BCUT2D eigenvalue weighted by Gasteiger charge is 2.37. The third-order valence-electron chi connectivity index (χ3n) is 2.90. The predicted molar refractivity (Wildman–Crippen MR) is 71.7 cm³/mol. The number of carbonyl (C=O) groups excluding carboxylic acids is 2. The first-order valence-corrected chi connectivity index (χ1v) is 6.36. The minimum absolute atomic E-state index is 0.105. The Morgan fingerprint density at radius 2 is 1.54 bits per heavy atom. The topological polar surface area (TPSA) is 72.2 Å². The molecule has 2 amide bonds. The van der Waals surface area contributed by atoms with Crippen LogP contribution in [0.15, 0.2) is 30.9 Å². The summed E-state index contributed by atoms with van der Waals surface area (Å²) in [5.41, 5.74) is 0.816. The van der Waals surface area contributed by atoms with Crippen molar-refractivity contribution in [2.75, 3.05) is 0 Å². The average molecular weight is 354 g/mol. The smallest absolute Gasteiger partial charge is 0.368 e. The molecule has 132 valence electrons. The van der Waals surface area contributed by atoms with E-state index in [0.717, 1.165) is 0 Å². The molecule has 0 aliphatic rings. The molecule has 0 aliphatic carbocycles. The predicted octanol–water partition coefficient (Wildman–Crippen LogP) is 2.88. The van der Waals surface area contributed by atoms with Gasteiger partial charge in [0, 0.05) is 5.56 Å². The molecule has 0 radical (unpaired) electrons. The van der Waals surface area contributed by atoms with Crippen LogP contribution in [0.25, 0.3) is 0 Å². The summed E-state index contributed by atoms with van der Waals surface area (Å²) >= 11 is 0. The van der Waals surface area contributed by atoms with Gasteiger partial charge < -0.3 is 11.1 Å². The zero-order valence-corrected chi connectivity index (χ0v) is 12.0. The van der Waals surface area contributed by atoms with E-state index in [-0.39, 0.29) is 24.6 Å². The van der Waals surface area contributed by atoms with Crippen LogP contribution in [0.5, 0.6) is 0 Å². The molecule has 4 nitrogen and oxygen atoms in total. The first-order chi connectivity index (χ1) is 10.9. The average Bonchev–Trinajstić information content (AvgIpc) is 2.44. The van der Waals surface area contributed by atoms with Gasteiger partial charge in [0.05, 0.1) is 11.1 Å². The van der Waals surface area contributed by atoms with Crippen LogP contribution in [-0.4, -0.2) is 17.9 Å². The van der Waals surface area contributed by atoms with Gasteiger partial charge in [0.25, 0.3) is 5.91 Å². The molecule has 0 aliphatic heterocycles. The molecule has 1 aromatic rings. The highest BCUT2D eigenvalue weighted by atomic mass is 19.4. The van der Waals surface area contributed by atoms with Crippen molar-refractivity contribution < 1.29 is 35.9 Å². The molecule has 0 bridgehead atoms. The van der Waals surface area contributed by atoms with Gasteiger partial charge in [-0.1, -0.05) is 6.08 Å². The van der Waals surface area contributed by atoms with Crippen LogP contribution < -0.4 is 11.1 Å². The summed E-state index contributed by atoms with van der Waals surface area (Å²) in [4.78, 5) is 23.0. The first-order valence-electron chi connectivity index (χ1n) is 6.36. The van der Waals surface area contributed by atoms with Crippen molar-refractivity contribution in [1.82, 2.24) is 5.32 Å². The van der Waals surface area contributed by atoms with Gasteiger partial charge in [-0.3, -0.25) is 9.59 Å². The Morgan fingerprint density at radius 3 is 1.88 bits per heavy atom. The lowest BCUT2D eigenvalue weighted by molar-refractivity contribution is -0.143. The molecule has 0 aromatic heterocycles. The van der Waals surface area contributed by atoms with E-state index in [4.69, 9.17) is 5.73 Å². The summed E-state index contributed by atoms with van der Waals surface area (Å²) in [7, 11) is 0. The number of hydrogen-bond donors (Lipinski definition) is 2. The van der Waals surface area contributed by atoms with Crippen molar-refractivity contribution in [2.24, 2.45) is 5.73 Å². The summed E-state index contributed by atoms with van der Waals surface area (Å²) in [6, 6.07) is -0.891. The van der Waals surface area contributed by atoms with E-state index in [0.29, 0.717) is 0 Å².